The Morgan fingerprint density at radius 2 is 1.88 bits per heavy atom. The second kappa shape index (κ2) is 5.90. The summed E-state index contributed by atoms with van der Waals surface area (Å²) in [5.41, 5.74) is 2.93. The second-order valence-electron chi connectivity index (χ2n) is 4.78. The van der Waals surface area contributed by atoms with Crippen molar-refractivity contribution in [2.75, 3.05) is 0 Å². The van der Waals surface area contributed by atoms with Crippen LogP contribution in [0.5, 0.6) is 0 Å². The molecule has 1 aromatic carbocycles. The van der Waals surface area contributed by atoms with Gasteiger partial charge in [0, 0.05) is 12.7 Å². The van der Waals surface area contributed by atoms with E-state index in [1.165, 1.54) is 48.7 Å². The Kier molecular flexibility index (Phi) is 4.24. The highest BCUT2D eigenvalue weighted by Gasteiger charge is 2.04. The first-order valence-corrected chi connectivity index (χ1v) is 6.93. The summed E-state index contributed by atoms with van der Waals surface area (Å²) < 4.78 is 2.43. The van der Waals surface area contributed by atoms with Crippen LogP contribution in [-0.2, 0) is 13.0 Å². The summed E-state index contributed by atoms with van der Waals surface area (Å²) in [6, 6.07) is 8.89. The maximum atomic E-state index is 2.43. The van der Waals surface area contributed by atoms with Gasteiger partial charge in [-0.25, -0.2) is 0 Å². The van der Waals surface area contributed by atoms with E-state index in [1.54, 1.807) is 0 Å². The minimum atomic E-state index is 1.12. The number of nitrogens with zero attached hydrogens (tertiary/aromatic N) is 1. The van der Waals surface area contributed by atoms with E-state index in [9.17, 15) is 0 Å². The molecular weight excluding hydrogens is 206 g/mol. The Balaban J connectivity index is 2.16. The van der Waals surface area contributed by atoms with Crippen LogP contribution in [-0.4, -0.2) is 4.57 Å². The fourth-order valence-electron chi connectivity index (χ4n) is 2.52. The molecule has 0 saturated heterocycles. The largest absolute Gasteiger partial charge is 0.347 e. The van der Waals surface area contributed by atoms with Gasteiger partial charge in [0.1, 0.15) is 0 Å². The lowest BCUT2D eigenvalue weighted by atomic mass is 10.1. The van der Waals surface area contributed by atoms with E-state index in [0.29, 0.717) is 0 Å². The molecule has 2 aromatic rings. The number of aryl methyl sites for hydroxylation is 2. The van der Waals surface area contributed by atoms with Gasteiger partial charge in [0.05, 0.1) is 5.52 Å². The van der Waals surface area contributed by atoms with Crippen molar-refractivity contribution in [1.82, 2.24) is 4.57 Å². The molecule has 17 heavy (non-hydrogen) atoms. The van der Waals surface area contributed by atoms with Gasteiger partial charge in [-0.05, 0) is 29.9 Å². The summed E-state index contributed by atoms with van der Waals surface area (Å²) in [5, 5.41) is 1.39. The smallest absolute Gasteiger partial charge is 0.0512 e. The highest BCUT2D eigenvalue weighted by Crippen LogP contribution is 2.21. The van der Waals surface area contributed by atoms with Crippen LogP contribution in [0, 0.1) is 0 Å². The standard InChI is InChI=1S/C16H23N/c1-3-5-6-7-12-17-13-11-15-10-8-9-14(4-2)16(15)17/h8-11,13H,3-7,12H2,1-2H3. The lowest BCUT2D eigenvalue weighted by Crippen LogP contribution is -1.98. The van der Waals surface area contributed by atoms with Gasteiger partial charge in [-0.2, -0.15) is 0 Å². The van der Waals surface area contributed by atoms with Gasteiger partial charge in [-0.1, -0.05) is 51.3 Å². The molecule has 1 aromatic heterocycles. The van der Waals surface area contributed by atoms with Gasteiger partial charge >= 0.3 is 0 Å². The summed E-state index contributed by atoms with van der Waals surface area (Å²) in [5.74, 6) is 0. The molecule has 0 unspecified atom stereocenters. The number of hydrogen-bond acceptors (Lipinski definition) is 0. The Hall–Kier alpha value is -1.24. The minimum absolute atomic E-state index is 1.12. The quantitative estimate of drug-likeness (QED) is 0.628. The Bertz CT molecular complexity index is 467. The normalized spacial score (nSPS) is 11.2. The highest BCUT2D eigenvalue weighted by molar-refractivity contribution is 5.83. The van der Waals surface area contributed by atoms with E-state index < -0.39 is 0 Å². The zero-order valence-corrected chi connectivity index (χ0v) is 11.1. The molecule has 1 heterocycles. The molecule has 0 aliphatic rings. The maximum absolute atomic E-state index is 2.43. The van der Waals surface area contributed by atoms with Gasteiger partial charge in [-0.15, -0.1) is 0 Å². The molecule has 0 radical (unpaired) electrons. The van der Waals surface area contributed by atoms with E-state index in [4.69, 9.17) is 0 Å². The molecule has 0 aliphatic heterocycles. The van der Waals surface area contributed by atoms with Crippen LogP contribution >= 0.6 is 0 Å². The van der Waals surface area contributed by atoms with Crippen molar-refractivity contribution in [3.8, 4) is 0 Å². The van der Waals surface area contributed by atoms with E-state index in [2.05, 4.69) is 48.9 Å². The van der Waals surface area contributed by atoms with Gasteiger partial charge in [-0.3, -0.25) is 0 Å². The molecule has 0 bridgehead atoms. The van der Waals surface area contributed by atoms with Crippen molar-refractivity contribution in [2.45, 2.75) is 52.5 Å². The average molecular weight is 229 g/mol. The van der Waals surface area contributed by atoms with Crippen LogP contribution < -0.4 is 0 Å². The van der Waals surface area contributed by atoms with Crippen molar-refractivity contribution < 1.29 is 0 Å². The Morgan fingerprint density at radius 1 is 1.00 bits per heavy atom. The zero-order chi connectivity index (χ0) is 12.1. The summed E-state index contributed by atoms with van der Waals surface area (Å²) in [7, 11) is 0. The first-order valence-electron chi connectivity index (χ1n) is 6.93. The fourth-order valence-corrected chi connectivity index (χ4v) is 2.52. The maximum Gasteiger partial charge on any atom is 0.0512 e. The number of rotatable bonds is 6. The molecule has 0 fully saturated rings. The summed E-state index contributed by atoms with van der Waals surface area (Å²) in [6.45, 7) is 5.67. The third-order valence-corrected chi connectivity index (χ3v) is 3.51. The molecule has 0 spiro atoms. The topological polar surface area (TPSA) is 4.93 Å². The van der Waals surface area contributed by atoms with Crippen molar-refractivity contribution in [3.05, 3.63) is 36.0 Å². The Morgan fingerprint density at radius 3 is 2.65 bits per heavy atom. The summed E-state index contributed by atoms with van der Waals surface area (Å²) >= 11 is 0. The third-order valence-electron chi connectivity index (χ3n) is 3.51. The van der Waals surface area contributed by atoms with E-state index >= 15 is 0 Å². The fraction of sp³-hybridized carbons (Fsp3) is 0.500. The van der Waals surface area contributed by atoms with E-state index in [0.717, 1.165) is 6.42 Å². The molecule has 0 N–H and O–H groups in total. The first kappa shape index (κ1) is 12.2. The zero-order valence-electron chi connectivity index (χ0n) is 11.1. The number of unbranched alkanes of at least 4 members (excludes halogenated alkanes) is 3. The van der Waals surface area contributed by atoms with Crippen LogP contribution in [0.1, 0.15) is 45.1 Å². The van der Waals surface area contributed by atoms with Crippen molar-refractivity contribution in [2.24, 2.45) is 0 Å². The molecule has 2 rings (SSSR count). The van der Waals surface area contributed by atoms with Gasteiger partial charge in [0.25, 0.3) is 0 Å². The summed E-state index contributed by atoms with van der Waals surface area (Å²) in [6.07, 6.45) is 8.69. The number of hydrogen-bond donors (Lipinski definition) is 0. The van der Waals surface area contributed by atoms with Gasteiger partial charge in [0.15, 0.2) is 0 Å². The van der Waals surface area contributed by atoms with Gasteiger partial charge < -0.3 is 4.57 Å². The van der Waals surface area contributed by atoms with Crippen LogP contribution in [0.3, 0.4) is 0 Å². The van der Waals surface area contributed by atoms with Crippen LogP contribution in [0.2, 0.25) is 0 Å². The lowest BCUT2D eigenvalue weighted by molar-refractivity contribution is 0.593. The number of para-hydroxylation sites is 1. The van der Waals surface area contributed by atoms with Gasteiger partial charge in [0.2, 0.25) is 0 Å². The third kappa shape index (κ3) is 2.71. The van der Waals surface area contributed by atoms with Crippen LogP contribution in [0.4, 0.5) is 0 Å². The van der Waals surface area contributed by atoms with Crippen LogP contribution in [0.25, 0.3) is 10.9 Å². The second-order valence-corrected chi connectivity index (χ2v) is 4.78. The molecule has 1 heteroatoms. The number of benzene rings is 1. The number of fused-ring (bicyclic) bond motifs is 1. The summed E-state index contributed by atoms with van der Waals surface area (Å²) in [4.78, 5) is 0. The van der Waals surface area contributed by atoms with Crippen molar-refractivity contribution in [1.29, 1.82) is 0 Å². The molecule has 0 saturated carbocycles. The predicted molar refractivity (Wildman–Crippen MR) is 75.5 cm³/mol. The van der Waals surface area contributed by atoms with Crippen LogP contribution in [0.15, 0.2) is 30.5 Å². The van der Waals surface area contributed by atoms with E-state index in [-0.39, 0.29) is 0 Å². The molecule has 0 aliphatic carbocycles. The molecule has 0 atom stereocenters. The molecule has 92 valence electrons. The highest BCUT2D eigenvalue weighted by atomic mass is 14.9. The monoisotopic (exact) mass is 229 g/mol. The predicted octanol–water partition coefficient (Wildman–Crippen LogP) is 4.78. The SMILES string of the molecule is CCCCCCn1ccc2cccc(CC)c21. The molecule has 0 amide bonds. The average Bonchev–Trinajstić information content (AvgIpc) is 2.78. The lowest BCUT2D eigenvalue weighted by Gasteiger charge is -2.08. The number of aromatic nitrogens is 1. The molecule has 1 nitrogen and oxygen atoms in total. The first-order chi connectivity index (χ1) is 8.36. The van der Waals surface area contributed by atoms with E-state index in [1.807, 2.05) is 0 Å². The molecular formula is C16H23N. The Labute approximate surface area is 104 Å². The minimum Gasteiger partial charge on any atom is -0.347 e. The van der Waals surface area contributed by atoms with Crippen molar-refractivity contribution >= 4 is 10.9 Å². The van der Waals surface area contributed by atoms with Crippen molar-refractivity contribution in [3.63, 3.8) is 0 Å².